The Labute approximate surface area is 109 Å². The number of aromatic amines is 1. The summed E-state index contributed by atoms with van der Waals surface area (Å²) < 4.78 is 26.1. The minimum Gasteiger partial charge on any atom is -0.476 e. The van der Waals surface area contributed by atoms with Gasteiger partial charge in [0.15, 0.2) is 5.69 Å². The first-order chi connectivity index (χ1) is 8.75. The molecule has 1 amide bonds. The van der Waals surface area contributed by atoms with Crippen molar-refractivity contribution in [2.45, 2.75) is 24.7 Å². The average molecular weight is 290 g/mol. The number of aromatic carboxylic acids is 1. The van der Waals surface area contributed by atoms with Crippen LogP contribution in [0, 0.1) is 6.92 Å². The molecule has 0 aromatic carbocycles. The van der Waals surface area contributed by atoms with Crippen LogP contribution in [0.3, 0.4) is 0 Å². The smallest absolute Gasteiger partial charge is 0.357 e. The lowest BCUT2D eigenvalue weighted by Gasteiger charge is -2.06. The molecule has 5 N–H and O–H groups in total. The number of carbonyl (C=O) groups is 2. The first-order valence-electron chi connectivity index (χ1n) is 5.32. The van der Waals surface area contributed by atoms with Crippen molar-refractivity contribution >= 4 is 21.9 Å². The number of hydrogen-bond acceptors (Lipinski definition) is 5. The molecule has 0 aliphatic rings. The monoisotopic (exact) mass is 290 g/mol. The second-order valence-corrected chi connectivity index (χ2v) is 5.50. The molecule has 106 valence electrons. The number of nitrogens with zero attached hydrogens (tertiary/aromatic N) is 1. The number of hydrogen-bond donors (Lipinski definition) is 4. The van der Waals surface area contributed by atoms with Crippen molar-refractivity contribution in [2.75, 3.05) is 6.54 Å². The third-order valence-electron chi connectivity index (χ3n) is 2.25. The van der Waals surface area contributed by atoms with Gasteiger partial charge in [-0.2, -0.15) is 5.10 Å². The van der Waals surface area contributed by atoms with E-state index in [0.29, 0.717) is 0 Å². The fourth-order valence-electron chi connectivity index (χ4n) is 1.43. The highest BCUT2D eigenvalue weighted by Gasteiger charge is 2.27. The molecule has 0 unspecified atom stereocenters. The summed E-state index contributed by atoms with van der Waals surface area (Å²) in [7, 11) is -4.00. The van der Waals surface area contributed by atoms with E-state index in [1.54, 1.807) is 0 Å². The molecule has 0 saturated carbocycles. The average Bonchev–Trinajstić information content (AvgIpc) is 2.67. The van der Waals surface area contributed by atoms with Crippen LogP contribution in [0.2, 0.25) is 0 Å². The Morgan fingerprint density at radius 1 is 1.47 bits per heavy atom. The van der Waals surface area contributed by atoms with Crippen molar-refractivity contribution in [3.8, 4) is 0 Å². The SMILES string of the molecule is Cc1[nH]nc(C(=O)O)c1S(=O)(=O)NCCCC(N)=O. The minimum absolute atomic E-state index is 0.0189. The molecule has 10 heteroatoms. The fraction of sp³-hybridized carbons (Fsp3) is 0.444. The summed E-state index contributed by atoms with van der Waals surface area (Å²) in [6.07, 6.45) is 0.270. The number of aryl methyl sites for hydroxylation is 1. The largest absolute Gasteiger partial charge is 0.476 e. The van der Waals surface area contributed by atoms with E-state index >= 15 is 0 Å². The van der Waals surface area contributed by atoms with Crippen LogP contribution in [0.5, 0.6) is 0 Å². The summed E-state index contributed by atoms with van der Waals surface area (Å²) in [6, 6.07) is 0. The maximum atomic E-state index is 11.9. The summed E-state index contributed by atoms with van der Waals surface area (Å²) in [5.41, 5.74) is 4.47. The maximum Gasteiger partial charge on any atom is 0.357 e. The lowest BCUT2D eigenvalue weighted by molar-refractivity contribution is -0.118. The molecular weight excluding hydrogens is 276 g/mol. The molecule has 1 aromatic heterocycles. The number of nitrogens with two attached hydrogens (primary N) is 1. The Bertz CT molecular complexity index is 592. The number of rotatable bonds is 7. The summed E-state index contributed by atoms with van der Waals surface area (Å²) in [5, 5.41) is 14.6. The molecule has 1 aromatic rings. The van der Waals surface area contributed by atoms with Crippen molar-refractivity contribution in [1.82, 2.24) is 14.9 Å². The van der Waals surface area contributed by atoms with E-state index in [4.69, 9.17) is 10.8 Å². The molecule has 0 radical (unpaired) electrons. The third kappa shape index (κ3) is 3.76. The Morgan fingerprint density at radius 2 is 2.11 bits per heavy atom. The Kier molecular flexibility index (Phi) is 4.62. The number of carbonyl (C=O) groups excluding carboxylic acids is 1. The third-order valence-corrected chi connectivity index (χ3v) is 3.88. The van der Waals surface area contributed by atoms with Crippen LogP contribution in [0.25, 0.3) is 0 Å². The van der Waals surface area contributed by atoms with E-state index in [1.807, 2.05) is 0 Å². The predicted molar refractivity (Wildman–Crippen MR) is 63.9 cm³/mol. The van der Waals surface area contributed by atoms with E-state index in [1.165, 1.54) is 6.92 Å². The van der Waals surface area contributed by atoms with Gasteiger partial charge in [-0.1, -0.05) is 0 Å². The van der Waals surface area contributed by atoms with E-state index in [-0.39, 0.29) is 25.1 Å². The van der Waals surface area contributed by atoms with Crippen LogP contribution in [0.1, 0.15) is 29.0 Å². The maximum absolute atomic E-state index is 11.9. The lowest BCUT2D eigenvalue weighted by Crippen LogP contribution is -2.27. The number of carboxylic acid groups (broad SMARTS) is 1. The van der Waals surface area contributed by atoms with Crippen molar-refractivity contribution in [2.24, 2.45) is 5.73 Å². The Morgan fingerprint density at radius 3 is 2.63 bits per heavy atom. The topological polar surface area (TPSA) is 155 Å². The summed E-state index contributed by atoms with van der Waals surface area (Å²) in [4.78, 5) is 21.0. The molecule has 19 heavy (non-hydrogen) atoms. The Hall–Kier alpha value is -1.94. The highest BCUT2D eigenvalue weighted by Crippen LogP contribution is 2.17. The fourth-order valence-corrected chi connectivity index (χ4v) is 2.83. The molecule has 0 aliphatic carbocycles. The van der Waals surface area contributed by atoms with Gasteiger partial charge in [0.25, 0.3) is 0 Å². The van der Waals surface area contributed by atoms with Gasteiger partial charge in [-0.3, -0.25) is 9.89 Å². The minimum atomic E-state index is -4.00. The van der Waals surface area contributed by atoms with Crippen LogP contribution in [0.15, 0.2) is 4.90 Å². The molecule has 0 aliphatic heterocycles. The van der Waals surface area contributed by atoms with Crippen molar-refractivity contribution in [3.05, 3.63) is 11.4 Å². The van der Waals surface area contributed by atoms with Gasteiger partial charge in [-0.05, 0) is 13.3 Å². The van der Waals surface area contributed by atoms with Crippen LogP contribution >= 0.6 is 0 Å². The molecule has 0 spiro atoms. The molecule has 9 nitrogen and oxygen atoms in total. The quantitative estimate of drug-likeness (QED) is 0.470. The van der Waals surface area contributed by atoms with Gasteiger partial charge in [-0.15, -0.1) is 0 Å². The molecule has 1 heterocycles. The first-order valence-corrected chi connectivity index (χ1v) is 6.80. The summed E-state index contributed by atoms with van der Waals surface area (Å²) in [5.74, 6) is -1.98. The van der Waals surface area contributed by atoms with Gasteiger partial charge < -0.3 is 10.8 Å². The number of amides is 1. The zero-order valence-electron chi connectivity index (χ0n) is 10.1. The highest BCUT2D eigenvalue weighted by molar-refractivity contribution is 7.89. The van der Waals surface area contributed by atoms with E-state index < -0.39 is 32.5 Å². The lowest BCUT2D eigenvalue weighted by atomic mass is 10.3. The molecule has 0 saturated heterocycles. The van der Waals surface area contributed by atoms with Crippen molar-refractivity contribution in [3.63, 3.8) is 0 Å². The van der Waals surface area contributed by atoms with E-state index in [2.05, 4.69) is 14.9 Å². The van der Waals surface area contributed by atoms with Gasteiger partial charge in [0.2, 0.25) is 15.9 Å². The van der Waals surface area contributed by atoms with Gasteiger partial charge in [0.1, 0.15) is 4.90 Å². The number of H-pyrrole nitrogens is 1. The van der Waals surface area contributed by atoms with Gasteiger partial charge in [0, 0.05) is 13.0 Å². The highest BCUT2D eigenvalue weighted by atomic mass is 32.2. The number of nitrogens with one attached hydrogen (secondary N) is 2. The number of primary amides is 1. The van der Waals surface area contributed by atoms with E-state index in [0.717, 1.165) is 0 Å². The second kappa shape index (κ2) is 5.80. The summed E-state index contributed by atoms with van der Waals surface area (Å²) >= 11 is 0. The van der Waals surface area contributed by atoms with Gasteiger partial charge in [0.05, 0.1) is 5.69 Å². The zero-order chi connectivity index (χ0) is 14.6. The summed E-state index contributed by atoms with van der Waals surface area (Å²) in [6.45, 7) is 1.38. The second-order valence-electron chi connectivity index (χ2n) is 3.80. The Balaban J connectivity index is 2.86. The number of carboxylic acids is 1. The molecular formula is C9H14N4O5S. The molecule has 0 bridgehead atoms. The van der Waals surface area contributed by atoms with Gasteiger partial charge >= 0.3 is 5.97 Å². The van der Waals surface area contributed by atoms with E-state index in [9.17, 15) is 18.0 Å². The standard InChI is InChI=1S/C9H14N4O5S/c1-5-8(7(9(15)16)13-12-5)19(17,18)11-4-2-3-6(10)14/h11H,2-4H2,1H3,(H2,10,14)(H,12,13)(H,15,16). The first kappa shape index (κ1) is 15.1. The zero-order valence-corrected chi connectivity index (χ0v) is 11.0. The van der Waals surface area contributed by atoms with Crippen LogP contribution in [0.4, 0.5) is 0 Å². The van der Waals surface area contributed by atoms with Crippen LogP contribution < -0.4 is 10.5 Å². The van der Waals surface area contributed by atoms with Crippen LogP contribution in [-0.2, 0) is 14.8 Å². The number of aromatic nitrogens is 2. The van der Waals surface area contributed by atoms with Crippen LogP contribution in [-0.4, -0.2) is 42.1 Å². The number of sulfonamides is 1. The van der Waals surface area contributed by atoms with Crippen molar-refractivity contribution in [1.29, 1.82) is 0 Å². The van der Waals surface area contributed by atoms with Gasteiger partial charge in [-0.25, -0.2) is 17.9 Å². The molecule has 0 fully saturated rings. The predicted octanol–water partition coefficient (Wildman–Crippen LogP) is -1.04. The normalized spacial score (nSPS) is 11.4. The van der Waals surface area contributed by atoms with Crippen molar-refractivity contribution < 1.29 is 23.1 Å². The molecule has 0 atom stereocenters. The molecule has 1 rings (SSSR count).